The fourth-order valence-corrected chi connectivity index (χ4v) is 1.87. The molecular formula is C13H20N2O2. The molecule has 0 spiro atoms. The van der Waals surface area contributed by atoms with Gasteiger partial charge in [0.05, 0.1) is 11.8 Å². The minimum absolute atomic E-state index is 0.238. The molecule has 0 bridgehead atoms. The molecular weight excluding hydrogens is 216 g/mol. The van der Waals surface area contributed by atoms with Gasteiger partial charge in [-0.3, -0.25) is 0 Å². The van der Waals surface area contributed by atoms with E-state index in [1.165, 1.54) is 0 Å². The van der Waals surface area contributed by atoms with Crippen molar-refractivity contribution >= 4 is 5.69 Å². The van der Waals surface area contributed by atoms with Crippen LogP contribution in [0.3, 0.4) is 0 Å². The van der Waals surface area contributed by atoms with Gasteiger partial charge in [0.1, 0.15) is 6.10 Å². The van der Waals surface area contributed by atoms with Gasteiger partial charge in [-0.15, -0.1) is 0 Å². The summed E-state index contributed by atoms with van der Waals surface area (Å²) in [5, 5.41) is 3.33. The van der Waals surface area contributed by atoms with E-state index >= 15 is 0 Å². The minimum Gasteiger partial charge on any atom is -0.473 e. The summed E-state index contributed by atoms with van der Waals surface area (Å²) < 4.78 is 11.1. The van der Waals surface area contributed by atoms with Gasteiger partial charge in [-0.2, -0.15) is 0 Å². The quantitative estimate of drug-likeness (QED) is 0.853. The van der Waals surface area contributed by atoms with Crippen LogP contribution in [0.1, 0.15) is 26.7 Å². The second-order valence-corrected chi connectivity index (χ2v) is 4.72. The highest BCUT2D eigenvalue weighted by molar-refractivity contribution is 5.52. The third kappa shape index (κ3) is 3.09. The molecule has 17 heavy (non-hydrogen) atoms. The molecule has 1 saturated carbocycles. The Morgan fingerprint density at radius 2 is 2.12 bits per heavy atom. The van der Waals surface area contributed by atoms with Gasteiger partial charge in [-0.25, -0.2) is 4.98 Å². The van der Waals surface area contributed by atoms with Crippen LogP contribution in [0.25, 0.3) is 0 Å². The maximum Gasteiger partial charge on any atom is 0.237 e. The lowest BCUT2D eigenvalue weighted by atomic mass is 9.92. The first-order chi connectivity index (χ1) is 8.19. The molecule has 1 aliphatic rings. The summed E-state index contributed by atoms with van der Waals surface area (Å²) in [6, 6.07) is 4.28. The predicted octanol–water partition coefficient (Wildman–Crippen LogP) is 2.46. The average molecular weight is 236 g/mol. The largest absolute Gasteiger partial charge is 0.473 e. The first-order valence-corrected chi connectivity index (χ1v) is 6.10. The van der Waals surface area contributed by atoms with Gasteiger partial charge in [-0.05, 0) is 26.0 Å². The lowest BCUT2D eigenvalue weighted by Crippen LogP contribution is -2.39. The molecule has 0 saturated heterocycles. The second-order valence-electron chi connectivity index (χ2n) is 4.72. The van der Waals surface area contributed by atoms with Crippen LogP contribution in [-0.4, -0.2) is 30.3 Å². The van der Waals surface area contributed by atoms with Crippen LogP contribution in [0.5, 0.6) is 5.88 Å². The highest BCUT2D eigenvalue weighted by Gasteiger charge is 2.31. The zero-order chi connectivity index (χ0) is 12.3. The summed E-state index contributed by atoms with van der Waals surface area (Å²) in [7, 11) is 1.74. The Balaban J connectivity index is 1.96. The van der Waals surface area contributed by atoms with E-state index in [1.54, 1.807) is 13.3 Å². The van der Waals surface area contributed by atoms with Gasteiger partial charge in [0.15, 0.2) is 0 Å². The molecule has 0 radical (unpaired) electrons. The number of ether oxygens (including phenoxy) is 2. The van der Waals surface area contributed by atoms with Crippen molar-refractivity contribution in [2.24, 2.45) is 0 Å². The van der Waals surface area contributed by atoms with Crippen molar-refractivity contribution in [3.63, 3.8) is 0 Å². The Morgan fingerprint density at radius 1 is 1.35 bits per heavy atom. The smallest absolute Gasteiger partial charge is 0.237 e. The molecule has 1 heterocycles. The number of methoxy groups -OCH3 is 1. The Labute approximate surface area is 102 Å². The third-order valence-electron chi connectivity index (χ3n) is 2.88. The summed E-state index contributed by atoms with van der Waals surface area (Å²) in [5.74, 6) is 0.695. The number of anilines is 1. The van der Waals surface area contributed by atoms with Gasteiger partial charge < -0.3 is 14.8 Å². The van der Waals surface area contributed by atoms with Crippen molar-refractivity contribution in [2.75, 3.05) is 12.4 Å². The first-order valence-electron chi connectivity index (χ1n) is 6.10. The van der Waals surface area contributed by atoms with Crippen LogP contribution in [-0.2, 0) is 4.74 Å². The molecule has 0 aromatic carbocycles. The highest BCUT2D eigenvalue weighted by atomic mass is 16.5. The molecule has 0 amide bonds. The van der Waals surface area contributed by atoms with Crippen LogP contribution in [0.2, 0.25) is 0 Å². The highest BCUT2D eigenvalue weighted by Crippen LogP contribution is 2.30. The maximum atomic E-state index is 5.86. The lowest BCUT2D eigenvalue weighted by Gasteiger charge is -2.34. The van der Waals surface area contributed by atoms with Crippen molar-refractivity contribution in [3.8, 4) is 5.88 Å². The van der Waals surface area contributed by atoms with E-state index in [0.717, 1.165) is 18.5 Å². The zero-order valence-corrected chi connectivity index (χ0v) is 10.6. The second kappa shape index (κ2) is 5.36. The fraction of sp³-hybridized carbons (Fsp3) is 0.615. The number of pyridine rings is 1. The van der Waals surface area contributed by atoms with Crippen molar-refractivity contribution in [1.29, 1.82) is 0 Å². The molecule has 0 atom stereocenters. The van der Waals surface area contributed by atoms with Crippen molar-refractivity contribution in [1.82, 2.24) is 4.98 Å². The molecule has 1 N–H and O–H groups in total. The molecule has 1 aliphatic carbocycles. The van der Waals surface area contributed by atoms with Crippen LogP contribution in [0, 0.1) is 0 Å². The Morgan fingerprint density at radius 3 is 2.76 bits per heavy atom. The molecule has 0 unspecified atom stereocenters. The molecule has 1 aromatic rings. The van der Waals surface area contributed by atoms with Gasteiger partial charge in [0.25, 0.3) is 0 Å². The van der Waals surface area contributed by atoms with E-state index in [-0.39, 0.29) is 6.10 Å². The number of aromatic nitrogens is 1. The number of nitrogens with one attached hydrogen (secondary N) is 1. The maximum absolute atomic E-state index is 5.86. The first kappa shape index (κ1) is 12.2. The van der Waals surface area contributed by atoms with Crippen molar-refractivity contribution in [2.45, 2.75) is 44.9 Å². The SMILES string of the molecule is COC1CC(Oc2ncccc2NC(C)C)C1. The lowest BCUT2D eigenvalue weighted by molar-refractivity contribution is -0.0393. The van der Waals surface area contributed by atoms with Crippen LogP contribution < -0.4 is 10.1 Å². The summed E-state index contributed by atoms with van der Waals surface area (Å²) in [6.07, 6.45) is 4.25. The van der Waals surface area contributed by atoms with E-state index < -0.39 is 0 Å². The van der Waals surface area contributed by atoms with Gasteiger partial charge in [0, 0.05) is 32.2 Å². The Hall–Kier alpha value is -1.29. The average Bonchev–Trinajstić information content (AvgIpc) is 2.24. The molecule has 4 nitrogen and oxygen atoms in total. The number of rotatable bonds is 5. The summed E-state index contributed by atoms with van der Waals surface area (Å²) >= 11 is 0. The van der Waals surface area contributed by atoms with E-state index in [1.807, 2.05) is 12.1 Å². The summed E-state index contributed by atoms with van der Waals surface area (Å²) in [6.45, 7) is 4.20. The van der Waals surface area contributed by atoms with Crippen molar-refractivity contribution < 1.29 is 9.47 Å². The zero-order valence-electron chi connectivity index (χ0n) is 10.6. The number of hydrogen-bond donors (Lipinski definition) is 1. The molecule has 2 rings (SSSR count). The molecule has 0 aliphatic heterocycles. The minimum atomic E-state index is 0.238. The van der Waals surface area contributed by atoms with E-state index in [0.29, 0.717) is 18.0 Å². The predicted molar refractivity (Wildman–Crippen MR) is 67.4 cm³/mol. The van der Waals surface area contributed by atoms with Crippen LogP contribution in [0.15, 0.2) is 18.3 Å². The van der Waals surface area contributed by atoms with Crippen molar-refractivity contribution in [3.05, 3.63) is 18.3 Å². The monoisotopic (exact) mass is 236 g/mol. The van der Waals surface area contributed by atoms with E-state index in [9.17, 15) is 0 Å². The van der Waals surface area contributed by atoms with Crippen LogP contribution >= 0.6 is 0 Å². The van der Waals surface area contributed by atoms with E-state index in [4.69, 9.17) is 9.47 Å². The summed E-state index contributed by atoms with van der Waals surface area (Å²) in [4.78, 5) is 4.28. The molecule has 4 heteroatoms. The molecule has 94 valence electrons. The Bertz CT molecular complexity index is 362. The van der Waals surface area contributed by atoms with Gasteiger partial charge >= 0.3 is 0 Å². The fourth-order valence-electron chi connectivity index (χ4n) is 1.87. The van der Waals surface area contributed by atoms with Gasteiger partial charge in [-0.1, -0.05) is 0 Å². The standard InChI is InChI=1S/C13H20N2O2/c1-9(2)15-12-5-4-6-14-13(12)17-11-7-10(8-11)16-3/h4-6,9-11,15H,7-8H2,1-3H3. The topological polar surface area (TPSA) is 43.4 Å². The van der Waals surface area contributed by atoms with Gasteiger partial charge in [0.2, 0.25) is 5.88 Å². The molecule has 1 fully saturated rings. The normalized spacial score (nSPS) is 23.3. The Kier molecular flexibility index (Phi) is 3.84. The molecule has 1 aromatic heterocycles. The summed E-state index contributed by atoms with van der Waals surface area (Å²) in [5.41, 5.74) is 0.961. The number of nitrogens with zero attached hydrogens (tertiary/aromatic N) is 1. The van der Waals surface area contributed by atoms with E-state index in [2.05, 4.69) is 24.1 Å². The van der Waals surface area contributed by atoms with Crippen LogP contribution in [0.4, 0.5) is 5.69 Å². The number of hydrogen-bond acceptors (Lipinski definition) is 4. The third-order valence-corrected chi connectivity index (χ3v) is 2.88.